The smallest absolute Gasteiger partial charge is 0.0502 e. The highest BCUT2D eigenvalue weighted by Gasteiger charge is 2.57. The number of fused-ring (bicyclic) bond motifs is 1. The summed E-state index contributed by atoms with van der Waals surface area (Å²) in [6.45, 7) is 11.7. The number of aliphatic hydroxyl groups is 1. The molecule has 26 heavy (non-hydrogen) atoms. The molecular formula is C25H34O. The molecule has 0 unspecified atom stereocenters. The van der Waals surface area contributed by atoms with Crippen LogP contribution >= 0.6 is 0 Å². The Bertz CT molecular complexity index is 726. The van der Waals surface area contributed by atoms with Gasteiger partial charge in [0.25, 0.3) is 0 Å². The van der Waals surface area contributed by atoms with Gasteiger partial charge >= 0.3 is 0 Å². The van der Waals surface area contributed by atoms with E-state index in [0.29, 0.717) is 17.8 Å². The van der Waals surface area contributed by atoms with Crippen molar-refractivity contribution in [1.82, 2.24) is 0 Å². The number of hydrogen-bond acceptors (Lipinski definition) is 1. The minimum atomic E-state index is -0.177. The summed E-state index contributed by atoms with van der Waals surface area (Å²) in [6, 6.07) is 10.5. The zero-order chi connectivity index (χ0) is 18.9. The van der Waals surface area contributed by atoms with Crippen molar-refractivity contribution < 1.29 is 5.11 Å². The van der Waals surface area contributed by atoms with Crippen molar-refractivity contribution in [2.45, 2.75) is 47.5 Å². The third kappa shape index (κ3) is 2.81. The Kier molecular flexibility index (Phi) is 5.30. The summed E-state index contributed by atoms with van der Waals surface area (Å²) in [5.74, 6) is 1.52. The molecule has 1 heteroatoms. The summed E-state index contributed by atoms with van der Waals surface area (Å²) in [7, 11) is 0. The van der Waals surface area contributed by atoms with Crippen LogP contribution in [0.5, 0.6) is 0 Å². The Hall–Kier alpha value is -1.60. The quantitative estimate of drug-likeness (QED) is 0.620. The van der Waals surface area contributed by atoms with E-state index < -0.39 is 0 Å². The zero-order valence-electron chi connectivity index (χ0n) is 17.0. The summed E-state index contributed by atoms with van der Waals surface area (Å²) in [5, 5.41) is 10.7. The molecule has 0 saturated heterocycles. The SMILES string of the molecule is CCC1=C[C@@H](C)[C@@H]2C(C)=C[C@@](/C=C/c3ccccc3)(CC)[C@](C)(CO)[C@@H]12. The van der Waals surface area contributed by atoms with Crippen molar-refractivity contribution in [3.05, 3.63) is 65.3 Å². The molecule has 1 nitrogen and oxygen atoms in total. The molecule has 0 radical (unpaired) electrons. The molecule has 2 aliphatic carbocycles. The Morgan fingerprint density at radius 1 is 1.15 bits per heavy atom. The minimum absolute atomic E-state index is 0.124. The zero-order valence-corrected chi connectivity index (χ0v) is 17.0. The topological polar surface area (TPSA) is 20.2 Å². The van der Waals surface area contributed by atoms with Gasteiger partial charge in [0.05, 0.1) is 6.61 Å². The van der Waals surface area contributed by atoms with Crippen LogP contribution in [0.25, 0.3) is 6.08 Å². The van der Waals surface area contributed by atoms with Gasteiger partial charge in [0.2, 0.25) is 0 Å². The lowest BCUT2D eigenvalue weighted by Gasteiger charge is -2.55. The second-order valence-electron chi connectivity index (χ2n) is 8.56. The third-order valence-corrected chi connectivity index (χ3v) is 7.26. The van der Waals surface area contributed by atoms with Gasteiger partial charge in [-0.3, -0.25) is 0 Å². The molecule has 0 amide bonds. The van der Waals surface area contributed by atoms with Crippen LogP contribution < -0.4 is 0 Å². The fourth-order valence-corrected chi connectivity index (χ4v) is 5.77. The Morgan fingerprint density at radius 2 is 1.85 bits per heavy atom. The number of hydrogen-bond donors (Lipinski definition) is 1. The summed E-state index contributed by atoms with van der Waals surface area (Å²) in [5.41, 5.74) is 3.95. The van der Waals surface area contributed by atoms with Crippen molar-refractivity contribution in [3.8, 4) is 0 Å². The second-order valence-corrected chi connectivity index (χ2v) is 8.56. The van der Waals surface area contributed by atoms with Crippen molar-refractivity contribution >= 4 is 6.08 Å². The van der Waals surface area contributed by atoms with Gasteiger partial charge in [-0.05, 0) is 43.1 Å². The Labute approximate surface area is 159 Å². The molecule has 140 valence electrons. The van der Waals surface area contributed by atoms with Crippen LogP contribution in [0.15, 0.2) is 59.7 Å². The van der Waals surface area contributed by atoms with Gasteiger partial charge in [-0.1, -0.05) is 93.5 Å². The van der Waals surface area contributed by atoms with Gasteiger partial charge in [-0.2, -0.15) is 0 Å². The van der Waals surface area contributed by atoms with E-state index in [0.717, 1.165) is 12.8 Å². The molecule has 0 fully saturated rings. The van der Waals surface area contributed by atoms with E-state index in [2.05, 4.69) is 89.3 Å². The average Bonchev–Trinajstić information content (AvgIpc) is 3.02. The molecule has 1 aromatic rings. The first-order valence-electron chi connectivity index (χ1n) is 10.2. The lowest BCUT2D eigenvalue weighted by molar-refractivity contribution is -0.0171. The fourth-order valence-electron chi connectivity index (χ4n) is 5.77. The first kappa shape index (κ1) is 19.2. The van der Waals surface area contributed by atoms with Crippen LogP contribution in [0.2, 0.25) is 0 Å². The van der Waals surface area contributed by atoms with Crippen LogP contribution in [-0.4, -0.2) is 11.7 Å². The lowest BCUT2D eigenvalue weighted by atomic mass is 9.49. The van der Waals surface area contributed by atoms with E-state index in [-0.39, 0.29) is 17.4 Å². The number of benzene rings is 1. The first-order chi connectivity index (χ1) is 12.4. The van der Waals surface area contributed by atoms with E-state index in [4.69, 9.17) is 0 Å². The van der Waals surface area contributed by atoms with E-state index in [1.165, 1.54) is 16.7 Å². The summed E-state index contributed by atoms with van der Waals surface area (Å²) >= 11 is 0. The van der Waals surface area contributed by atoms with E-state index in [9.17, 15) is 5.11 Å². The van der Waals surface area contributed by atoms with Gasteiger partial charge in [0, 0.05) is 10.8 Å². The molecule has 0 aromatic heterocycles. The maximum Gasteiger partial charge on any atom is 0.0502 e. The predicted octanol–water partition coefficient (Wildman–Crippen LogP) is 6.27. The second kappa shape index (κ2) is 7.19. The monoisotopic (exact) mass is 350 g/mol. The highest BCUT2D eigenvalue weighted by molar-refractivity contribution is 5.52. The molecule has 3 rings (SSSR count). The van der Waals surface area contributed by atoms with Gasteiger partial charge < -0.3 is 5.11 Å². The largest absolute Gasteiger partial charge is 0.396 e. The van der Waals surface area contributed by atoms with E-state index in [1.54, 1.807) is 0 Å². The standard InChI is InChI=1S/C25H34O/c1-6-21-15-18(3)22-19(4)16-25(7-2,24(5,17-26)23(21)22)14-13-20-11-9-8-10-12-20/h8-16,18,22-23,26H,6-7,17H2,1-5H3/b14-13+/t18-,22-,23+,24-,25+/m1/s1. The first-order valence-corrected chi connectivity index (χ1v) is 10.2. The maximum atomic E-state index is 10.7. The maximum absolute atomic E-state index is 10.7. The van der Waals surface area contributed by atoms with Gasteiger partial charge in [-0.25, -0.2) is 0 Å². The van der Waals surface area contributed by atoms with Crippen LogP contribution in [0.1, 0.15) is 53.0 Å². The van der Waals surface area contributed by atoms with Crippen molar-refractivity contribution in [2.75, 3.05) is 6.61 Å². The average molecular weight is 351 g/mol. The molecule has 0 bridgehead atoms. The van der Waals surface area contributed by atoms with E-state index >= 15 is 0 Å². The van der Waals surface area contributed by atoms with Crippen molar-refractivity contribution in [3.63, 3.8) is 0 Å². The normalized spacial score (nSPS) is 36.8. The molecule has 1 N–H and O–H groups in total. The summed E-state index contributed by atoms with van der Waals surface area (Å²) in [4.78, 5) is 0. The molecule has 0 aliphatic heterocycles. The minimum Gasteiger partial charge on any atom is -0.396 e. The molecule has 0 spiro atoms. The summed E-state index contributed by atoms with van der Waals surface area (Å²) < 4.78 is 0. The molecule has 0 saturated carbocycles. The third-order valence-electron chi connectivity index (χ3n) is 7.26. The van der Waals surface area contributed by atoms with E-state index in [1.807, 2.05) is 0 Å². The molecule has 1 aromatic carbocycles. The van der Waals surface area contributed by atoms with Gasteiger partial charge in [0.1, 0.15) is 0 Å². The Morgan fingerprint density at radius 3 is 2.42 bits per heavy atom. The van der Waals surface area contributed by atoms with Crippen LogP contribution in [0, 0.1) is 28.6 Å². The summed E-state index contributed by atoms with van der Waals surface area (Å²) in [6.07, 6.45) is 11.7. The van der Waals surface area contributed by atoms with Crippen LogP contribution in [0.4, 0.5) is 0 Å². The van der Waals surface area contributed by atoms with Crippen LogP contribution in [-0.2, 0) is 0 Å². The van der Waals surface area contributed by atoms with Crippen molar-refractivity contribution in [1.29, 1.82) is 0 Å². The van der Waals surface area contributed by atoms with Crippen LogP contribution in [0.3, 0.4) is 0 Å². The Balaban J connectivity index is 2.13. The highest BCUT2D eigenvalue weighted by Crippen LogP contribution is 2.63. The number of allylic oxidation sites excluding steroid dienone is 5. The number of rotatable bonds is 5. The van der Waals surface area contributed by atoms with Gasteiger partial charge in [-0.15, -0.1) is 0 Å². The highest BCUT2D eigenvalue weighted by atomic mass is 16.3. The fraction of sp³-hybridized carbons (Fsp3) is 0.520. The molecule has 0 heterocycles. The lowest BCUT2D eigenvalue weighted by Crippen LogP contribution is -2.51. The van der Waals surface area contributed by atoms with Crippen molar-refractivity contribution in [2.24, 2.45) is 28.6 Å². The molecular weight excluding hydrogens is 316 g/mol. The van der Waals surface area contributed by atoms with Gasteiger partial charge in [0.15, 0.2) is 0 Å². The number of aliphatic hydroxyl groups excluding tert-OH is 1. The molecule has 5 atom stereocenters. The predicted molar refractivity (Wildman–Crippen MR) is 112 cm³/mol. The molecule has 2 aliphatic rings.